The van der Waals surface area contributed by atoms with Gasteiger partial charge in [-0.3, -0.25) is 4.79 Å². The average Bonchev–Trinajstić information content (AvgIpc) is 2.02. The van der Waals surface area contributed by atoms with Crippen molar-refractivity contribution in [2.75, 3.05) is 19.5 Å². The van der Waals surface area contributed by atoms with E-state index >= 15 is 0 Å². The van der Waals surface area contributed by atoms with Gasteiger partial charge in [-0.05, 0) is 18.6 Å². The SMILES string of the molecule is COCCCCSC(C)CC(=O)O. The first-order chi connectivity index (χ1) is 6.16. The Hall–Kier alpha value is -0.220. The fourth-order valence-corrected chi connectivity index (χ4v) is 1.97. The van der Waals surface area contributed by atoms with Crippen molar-refractivity contribution in [2.45, 2.75) is 31.4 Å². The molecule has 0 fully saturated rings. The van der Waals surface area contributed by atoms with E-state index in [0.717, 1.165) is 25.2 Å². The zero-order valence-electron chi connectivity index (χ0n) is 8.28. The van der Waals surface area contributed by atoms with E-state index in [9.17, 15) is 4.79 Å². The lowest BCUT2D eigenvalue weighted by Crippen LogP contribution is -2.06. The van der Waals surface area contributed by atoms with Crippen LogP contribution in [0.5, 0.6) is 0 Å². The minimum atomic E-state index is -0.711. The number of hydrogen-bond acceptors (Lipinski definition) is 3. The molecule has 1 N–H and O–H groups in total. The number of methoxy groups -OCH3 is 1. The molecule has 0 aliphatic heterocycles. The van der Waals surface area contributed by atoms with E-state index in [1.165, 1.54) is 0 Å². The highest BCUT2D eigenvalue weighted by atomic mass is 32.2. The zero-order valence-corrected chi connectivity index (χ0v) is 9.10. The fourth-order valence-electron chi connectivity index (χ4n) is 0.938. The van der Waals surface area contributed by atoms with Gasteiger partial charge in [0.15, 0.2) is 0 Å². The first-order valence-corrected chi connectivity index (χ1v) is 5.54. The Morgan fingerprint density at radius 2 is 2.23 bits per heavy atom. The first kappa shape index (κ1) is 12.8. The van der Waals surface area contributed by atoms with Gasteiger partial charge in [0.05, 0.1) is 6.42 Å². The molecule has 78 valence electrons. The Kier molecular flexibility index (Phi) is 8.24. The predicted octanol–water partition coefficient (Wildman–Crippen LogP) is 2.01. The molecule has 13 heavy (non-hydrogen) atoms. The summed E-state index contributed by atoms with van der Waals surface area (Å²) in [6.07, 6.45) is 2.42. The molecule has 1 unspecified atom stereocenters. The van der Waals surface area contributed by atoms with E-state index in [4.69, 9.17) is 9.84 Å². The van der Waals surface area contributed by atoms with Gasteiger partial charge in [0, 0.05) is 19.0 Å². The topological polar surface area (TPSA) is 46.5 Å². The number of hydrogen-bond donors (Lipinski definition) is 1. The number of rotatable bonds is 8. The minimum absolute atomic E-state index is 0.222. The van der Waals surface area contributed by atoms with E-state index in [1.807, 2.05) is 6.92 Å². The summed E-state index contributed by atoms with van der Waals surface area (Å²) >= 11 is 1.72. The van der Waals surface area contributed by atoms with Crippen LogP contribution in [0.4, 0.5) is 0 Å². The second kappa shape index (κ2) is 8.38. The predicted molar refractivity (Wildman–Crippen MR) is 55.3 cm³/mol. The maximum absolute atomic E-state index is 10.3. The lowest BCUT2D eigenvalue weighted by molar-refractivity contribution is -0.136. The Balaban J connectivity index is 3.17. The molecule has 0 aliphatic rings. The number of carboxylic acid groups (broad SMARTS) is 1. The molecule has 1 atom stereocenters. The molecule has 0 aromatic carbocycles. The van der Waals surface area contributed by atoms with Crippen molar-refractivity contribution in [3.63, 3.8) is 0 Å². The van der Waals surface area contributed by atoms with E-state index in [-0.39, 0.29) is 11.7 Å². The standard InChI is InChI=1S/C9H18O3S/c1-8(7-9(10)11)13-6-4-3-5-12-2/h8H,3-7H2,1-2H3,(H,10,11). The molecule has 0 saturated carbocycles. The number of ether oxygens (including phenoxy) is 1. The molecule has 0 rings (SSSR count). The van der Waals surface area contributed by atoms with Crippen LogP contribution in [-0.2, 0) is 9.53 Å². The molecule has 3 nitrogen and oxygen atoms in total. The Labute approximate surface area is 83.9 Å². The Morgan fingerprint density at radius 3 is 2.77 bits per heavy atom. The molecule has 0 heterocycles. The van der Waals surface area contributed by atoms with Crippen molar-refractivity contribution in [1.29, 1.82) is 0 Å². The maximum Gasteiger partial charge on any atom is 0.304 e. The summed E-state index contributed by atoms with van der Waals surface area (Å²) in [5.41, 5.74) is 0. The fraction of sp³-hybridized carbons (Fsp3) is 0.889. The summed E-state index contributed by atoms with van der Waals surface area (Å²) in [6.45, 7) is 2.75. The van der Waals surface area contributed by atoms with Gasteiger partial charge >= 0.3 is 5.97 Å². The van der Waals surface area contributed by atoms with Gasteiger partial charge in [0.25, 0.3) is 0 Å². The molecule has 0 aromatic rings. The summed E-state index contributed by atoms with van der Waals surface area (Å²) < 4.78 is 4.91. The number of carbonyl (C=O) groups is 1. The smallest absolute Gasteiger partial charge is 0.304 e. The lowest BCUT2D eigenvalue weighted by atomic mass is 10.3. The van der Waals surface area contributed by atoms with Crippen LogP contribution in [0.15, 0.2) is 0 Å². The van der Waals surface area contributed by atoms with Crippen molar-refractivity contribution in [3.8, 4) is 0 Å². The molecule has 4 heteroatoms. The molecule has 0 amide bonds. The van der Waals surface area contributed by atoms with Gasteiger partial charge < -0.3 is 9.84 Å². The number of unbranched alkanes of at least 4 members (excludes halogenated alkanes) is 1. The molecule has 0 saturated heterocycles. The molecular formula is C9H18O3S. The van der Waals surface area contributed by atoms with E-state index in [2.05, 4.69) is 0 Å². The zero-order chi connectivity index (χ0) is 10.1. The van der Waals surface area contributed by atoms with Gasteiger partial charge in [-0.1, -0.05) is 6.92 Å². The van der Waals surface area contributed by atoms with Crippen molar-refractivity contribution in [1.82, 2.24) is 0 Å². The number of carboxylic acids is 1. The molecule has 0 aliphatic carbocycles. The second-order valence-corrected chi connectivity index (χ2v) is 4.53. The largest absolute Gasteiger partial charge is 0.481 e. The average molecular weight is 206 g/mol. The molecule has 0 bridgehead atoms. The van der Waals surface area contributed by atoms with Crippen LogP contribution in [0.25, 0.3) is 0 Å². The van der Waals surface area contributed by atoms with Gasteiger partial charge in [-0.25, -0.2) is 0 Å². The summed E-state index contributed by atoms with van der Waals surface area (Å²) in [5.74, 6) is 0.314. The minimum Gasteiger partial charge on any atom is -0.481 e. The van der Waals surface area contributed by atoms with Crippen molar-refractivity contribution in [3.05, 3.63) is 0 Å². The number of aliphatic carboxylic acids is 1. The van der Waals surface area contributed by atoms with E-state index in [1.54, 1.807) is 18.9 Å². The first-order valence-electron chi connectivity index (χ1n) is 4.49. The van der Waals surface area contributed by atoms with Crippen LogP contribution in [-0.4, -0.2) is 35.8 Å². The molecular weight excluding hydrogens is 188 g/mol. The van der Waals surface area contributed by atoms with Crippen LogP contribution < -0.4 is 0 Å². The summed E-state index contributed by atoms with van der Waals surface area (Å²) in [7, 11) is 1.69. The van der Waals surface area contributed by atoms with Crippen LogP contribution in [0, 0.1) is 0 Å². The van der Waals surface area contributed by atoms with Gasteiger partial charge in [0.1, 0.15) is 0 Å². The third-order valence-electron chi connectivity index (χ3n) is 1.61. The van der Waals surface area contributed by atoms with Gasteiger partial charge in [-0.15, -0.1) is 0 Å². The Morgan fingerprint density at radius 1 is 1.54 bits per heavy atom. The van der Waals surface area contributed by atoms with Gasteiger partial charge in [0.2, 0.25) is 0 Å². The Bertz CT molecular complexity index is 139. The van der Waals surface area contributed by atoms with Crippen molar-refractivity contribution in [2.24, 2.45) is 0 Å². The molecule has 0 radical (unpaired) electrons. The molecule has 0 aromatic heterocycles. The monoisotopic (exact) mass is 206 g/mol. The highest BCUT2D eigenvalue weighted by molar-refractivity contribution is 7.99. The van der Waals surface area contributed by atoms with Crippen molar-refractivity contribution >= 4 is 17.7 Å². The third-order valence-corrected chi connectivity index (χ3v) is 2.87. The highest BCUT2D eigenvalue weighted by Gasteiger charge is 2.06. The quantitative estimate of drug-likeness (QED) is 0.617. The van der Waals surface area contributed by atoms with Crippen molar-refractivity contribution < 1.29 is 14.6 Å². The van der Waals surface area contributed by atoms with E-state index in [0.29, 0.717) is 0 Å². The van der Waals surface area contributed by atoms with Crippen LogP contribution in [0.3, 0.4) is 0 Å². The summed E-state index contributed by atoms with van der Waals surface area (Å²) in [4.78, 5) is 10.3. The summed E-state index contributed by atoms with van der Waals surface area (Å²) in [6, 6.07) is 0. The van der Waals surface area contributed by atoms with Crippen LogP contribution in [0.1, 0.15) is 26.2 Å². The van der Waals surface area contributed by atoms with Crippen LogP contribution in [0.2, 0.25) is 0 Å². The second-order valence-electron chi connectivity index (χ2n) is 2.98. The van der Waals surface area contributed by atoms with E-state index < -0.39 is 5.97 Å². The molecule has 0 spiro atoms. The van der Waals surface area contributed by atoms with Gasteiger partial charge in [-0.2, -0.15) is 11.8 Å². The maximum atomic E-state index is 10.3. The number of thioether (sulfide) groups is 1. The third kappa shape index (κ3) is 9.70. The summed E-state index contributed by atoms with van der Waals surface area (Å²) in [5, 5.41) is 8.71. The normalized spacial score (nSPS) is 12.8. The lowest BCUT2D eigenvalue weighted by Gasteiger charge is -2.07. The highest BCUT2D eigenvalue weighted by Crippen LogP contribution is 2.15. The van der Waals surface area contributed by atoms with Crippen LogP contribution >= 0.6 is 11.8 Å².